The predicted molar refractivity (Wildman–Crippen MR) is 140 cm³/mol. The number of carbonyl (C=O) groups excluding carboxylic acids is 2. The topological polar surface area (TPSA) is 72.6 Å². The summed E-state index contributed by atoms with van der Waals surface area (Å²) in [7, 11) is 0. The van der Waals surface area contributed by atoms with Crippen molar-refractivity contribution in [2.45, 2.75) is 18.0 Å². The van der Waals surface area contributed by atoms with Gasteiger partial charge in [-0.25, -0.2) is 8.78 Å². The number of aromatic nitrogens is 1. The second-order valence-corrected chi connectivity index (χ2v) is 9.27. The molecule has 4 aromatic rings. The first-order valence-electron chi connectivity index (χ1n) is 11.1. The molecule has 0 unspecified atom stereocenters. The quantitative estimate of drug-likeness (QED) is 0.196. The van der Waals surface area contributed by atoms with Crippen LogP contribution in [0.25, 0.3) is 11.1 Å². The van der Waals surface area contributed by atoms with E-state index in [4.69, 9.17) is 9.15 Å². The highest BCUT2D eigenvalue weighted by Gasteiger charge is 2.22. The number of hydrogen-bond donors (Lipinski definition) is 1. The molecule has 4 rings (SSSR count). The van der Waals surface area contributed by atoms with Crippen LogP contribution in [-0.4, -0.2) is 33.7 Å². The molecule has 10 heteroatoms. The fraction of sp³-hybridized carbons (Fsp3) is 0.148. The van der Waals surface area contributed by atoms with Gasteiger partial charge in [-0.2, -0.15) is 0 Å². The van der Waals surface area contributed by atoms with Crippen molar-refractivity contribution in [1.82, 2.24) is 9.88 Å². The van der Waals surface area contributed by atoms with E-state index in [0.717, 1.165) is 0 Å². The summed E-state index contributed by atoms with van der Waals surface area (Å²) in [5.41, 5.74) is 1.92. The first-order valence-corrected chi connectivity index (χ1v) is 12.8. The molecule has 0 N–H and O–H groups in total. The second-order valence-electron chi connectivity index (χ2n) is 7.92. The molecule has 0 radical (unpaired) electrons. The van der Waals surface area contributed by atoms with Crippen LogP contribution in [0.15, 0.2) is 82.2 Å². The van der Waals surface area contributed by atoms with Crippen molar-refractivity contribution in [2.24, 2.45) is 0 Å². The lowest BCUT2D eigenvalue weighted by molar-refractivity contribution is -0.111. The summed E-state index contributed by atoms with van der Waals surface area (Å²) in [6.07, 6.45) is 3.40. The van der Waals surface area contributed by atoms with E-state index in [2.05, 4.69) is 17.6 Å². The minimum Gasteiger partial charge on any atom is -0.486 e. The van der Waals surface area contributed by atoms with E-state index < -0.39 is 22.7 Å². The van der Waals surface area contributed by atoms with Gasteiger partial charge in [-0.1, -0.05) is 18.2 Å². The third kappa shape index (κ3) is 6.78. The van der Waals surface area contributed by atoms with Gasteiger partial charge in [-0.05, 0) is 65.9 Å². The fourth-order valence-corrected chi connectivity index (χ4v) is 4.37. The SMILES string of the molecule is CSc1cc(F)c(F)cc1-c1ccc(OCc2ccc(C(=O)N(CC(=O)S)Cc3ccccn3)o2)cc1. The summed E-state index contributed by atoms with van der Waals surface area (Å²) in [5.74, 6) is -1.27. The fourth-order valence-electron chi connectivity index (χ4n) is 3.58. The zero-order valence-electron chi connectivity index (χ0n) is 19.7. The van der Waals surface area contributed by atoms with E-state index in [9.17, 15) is 18.4 Å². The van der Waals surface area contributed by atoms with E-state index >= 15 is 0 Å². The normalized spacial score (nSPS) is 10.8. The van der Waals surface area contributed by atoms with Crippen molar-refractivity contribution in [1.29, 1.82) is 0 Å². The van der Waals surface area contributed by atoms with Gasteiger partial charge in [0.1, 0.15) is 18.1 Å². The van der Waals surface area contributed by atoms with Crippen molar-refractivity contribution in [3.05, 3.63) is 102 Å². The first kappa shape index (κ1) is 26.4. The largest absolute Gasteiger partial charge is 0.486 e. The number of thiol groups is 1. The number of pyridine rings is 1. The van der Waals surface area contributed by atoms with Gasteiger partial charge < -0.3 is 14.1 Å². The summed E-state index contributed by atoms with van der Waals surface area (Å²) in [6, 6.07) is 17.7. The number of amides is 1. The van der Waals surface area contributed by atoms with Crippen LogP contribution in [0.1, 0.15) is 22.0 Å². The molecule has 6 nitrogen and oxygen atoms in total. The average Bonchev–Trinajstić information content (AvgIpc) is 3.38. The van der Waals surface area contributed by atoms with Gasteiger partial charge in [0, 0.05) is 11.1 Å². The number of halogens is 2. The van der Waals surface area contributed by atoms with Crippen molar-refractivity contribution in [3.8, 4) is 16.9 Å². The van der Waals surface area contributed by atoms with Crippen LogP contribution in [0.5, 0.6) is 5.75 Å². The highest BCUT2D eigenvalue weighted by atomic mass is 32.2. The number of benzene rings is 2. The predicted octanol–water partition coefficient (Wildman–Crippen LogP) is 6.02. The Bertz CT molecular complexity index is 1400. The number of furan rings is 1. The summed E-state index contributed by atoms with van der Waals surface area (Å²) in [4.78, 5) is 30.7. The molecular formula is C27H22F2N2O4S2. The number of carbonyl (C=O) groups is 2. The highest BCUT2D eigenvalue weighted by molar-refractivity contribution is 7.98. The van der Waals surface area contributed by atoms with Crippen LogP contribution in [-0.2, 0) is 17.9 Å². The number of thioether (sulfide) groups is 1. The van der Waals surface area contributed by atoms with Gasteiger partial charge in [0.15, 0.2) is 17.4 Å². The van der Waals surface area contributed by atoms with Gasteiger partial charge >= 0.3 is 0 Å². The molecule has 0 atom stereocenters. The molecule has 0 aliphatic heterocycles. The molecule has 0 aliphatic carbocycles. The molecule has 37 heavy (non-hydrogen) atoms. The maximum absolute atomic E-state index is 13.8. The lowest BCUT2D eigenvalue weighted by Gasteiger charge is -2.19. The molecule has 2 aromatic carbocycles. The molecule has 0 bridgehead atoms. The van der Waals surface area contributed by atoms with Crippen LogP contribution >= 0.6 is 24.4 Å². The van der Waals surface area contributed by atoms with Crippen LogP contribution in [0.2, 0.25) is 0 Å². The standard InChI is InChI=1S/C27H22F2N2O4S2/c1-37-25-13-23(29)22(28)12-21(25)17-5-7-19(8-6-17)34-16-20-9-10-24(35-20)27(33)31(15-26(32)36)14-18-4-2-3-11-30-18/h2-13H,14-16H2,1H3,(H,32,36). The van der Waals surface area contributed by atoms with Crippen molar-refractivity contribution < 1.29 is 27.5 Å². The van der Waals surface area contributed by atoms with E-state index in [-0.39, 0.29) is 25.5 Å². The third-order valence-electron chi connectivity index (χ3n) is 5.35. The number of ether oxygens (including phenoxy) is 1. The van der Waals surface area contributed by atoms with Crippen molar-refractivity contribution in [2.75, 3.05) is 12.8 Å². The van der Waals surface area contributed by atoms with E-state index in [1.54, 1.807) is 61.0 Å². The second kappa shape index (κ2) is 12.1. The maximum Gasteiger partial charge on any atom is 0.290 e. The Labute approximate surface area is 222 Å². The molecule has 2 aromatic heterocycles. The molecule has 0 spiro atoms. The van der Waals surface area contributed by atoms with Crippen LogP contribution in [0.3, 0.4) is 0 Å². The minimum atomic E-state index is -0.909. The third-order valence-corrected chi connectivity index (χ3v) is 6.27. The summed E-state index contributed by atoms with van der Waals surface area (Å²) >= 11 is 5.13. The lowest BCUT2D eigenvalue weighted by Crippen LogP contribution is -2.34. The van der Waals surface area contributed by atoms with E-state index in [1.165, 1.54) is 34.9 Å². The molecule has 0 aliphatic rings. The molecule has 0 saturated carbocycles. The van der Waals surface area contributed by atoms with Crippen LogP contribution in [0, 0.1) is 11.6 Å². The average molecular weight is 541 g/mol. The number of hydrogen-bond acceptors (Lipinski definition) is 6. The molecule has 1 amide bonds. The summed E-state index contributed by atoms with van der Waals surface area (Å²) in [6.45, 7) is -0.0196. The summed E-state index contributed by atoms with van der Waals surface area (Å²) < 4.78 is 38.8. The van der Waals surface area contributed by atoms with E-state index in [1.807, 2.05) is 0 Å². The smallest absolute Gasteiger partial charge is 0.290 e. The monoisotopic (exact) mass is 540 g/mol. The minimum absolute atomic E-state index is 0.0552. The lowest BCUT2D eigenvalue weighted by atomic mass is 10.1. The van der Waals surface area contributed by atoms with E-state index in [0.29, 0.717) is 33.2 Å². The van der Waals surface area contributed by atoms with Gasteiger partial charge in [-0.15, -0.1) is 24.4 Å². The number of nitrogens with zero attached hydrogens (tertiary/aromatic N) is 2. The molecule has 190 valence electrons. The Morgan fingerprint density at radius 3 is 2.49 bits per heavy atom. The van der Waals surface area contributed by atoms with Gasteiger partial charge in [0.2, 0.25) is 5.12 Å². The Balaban J connectivity index is 1.41. The van der Waals surface area contributed by atoms with Gasteiger partial charge in [0.05, 0.1) is 18.8 Å². The van der Waals surface area contributed by atoms with Crippen LogP contribution < -0.4 is 4.74 Å². The van der Waals surface area contributed by atoms with Gasteiger partial charge in [0.25, 0.3) is 5.91 Å². The Hall–Kier alpha value is -3.63. The maximum atomic E-state index is 13.8. The van der Waals surface area contributed by atoms with Crippen LogP contribution in [0.4, 0.5) is 8.78 Å². The van der Waals surface area contributed by atoms with Crippen molar-refractivity contribution >= 4 is 35.4 Å². The first-order chi connectivity index (χ1) is 17.8. The Morgan fingerprint density at radius 2 is 1.81 bits per heavy atom. The summed E-state index contributed by atoms with van der Waals surface area (Å²) in [5, 5.41) is -0.462. The Morgan fingerprint density at radius 1 is 1.05 bits per heavy atom. The molecule has 0 saturated heterocycles. The van der Waals surface area contributed by atoms with Gasteiger partial charge in [-0.3, -0.25) is 14.6 Å². The molecule has 2 heterocycles. The van der Waals surface area contributed by atoms with Crippen molar-refractivity contribution in [3.63, 3.8) is 0 Å². The Kier molecular flexibility index (Phi) is 8.62. The highest BCUT2D eigenvalue weighted by Crippen LogP contribution is 2.33. The number of rotatable bonds is 10. The zero-order chi connectivity index (χ0) is 26.4. The molecular weight excluding hydrogens is 518 g/mol. The molecule has 0 fully saturated rings. The zero-order valence-corrected chi connectivity index (χ0v) is 21.4.